The first-order valence-electron chi connectivity index (χ1n) is 10.1. The molecule has 0 saturated heterocycles. The van der Waals surface area contributed by atoms with Gasteiger partial charge in [0.1, 0.15) is 11.6 Å². The lowest BCUT2D eigenvalue weighted by atomic mass is 10.0. The van der Waals surface area contributed by atoms with Crippen LogP contribution in [0.4, 0.5) is 0 Å². The first-order valence-corrected chi connectivity index (χ1v) is 11.0. The molecule has 0 aliphatic heterocycles. The van der Waals surface area contributed by atoms with E-state index in [-0.39, 0.29) is 17.6 Å². The molecule has 2 aromatic heterocycles. The summed E-state index contributed by atoms with van der Waals surface area (Å²) in [6, 6.07) is 7.38. The topological polar surface area (TPSA) is 99.0 Å². The number of rotatable bonds is 9. The summed E-state index contributed by atoms with van der Waals surface area (Å²) in [6.07, 6.45) is 1.48. The number of nitrogens with one attached hydrogen (secondary N) is 1. The highest BCUT2D eigenvalue weighted by atomic mass is 32.2. The average molecular weight is 430 g/mol. The number of thioether (sulfide) groups is 1. The van der Waals surface area contributed by atoms with Crippen molar-refractivity contribution in [1.82, 2.24) is 25.1 Å². The summed E-state index contributed by atoms with van der Waals surface area (Å²) in [4.78, 5) is 29.0. The van der Waals surface area contributed by atoms with E-state index in [2.05, 4.69) is 38.1 Å². The van der Waals surface area contributed by atoms with Crippen LogP contribution in [0.3, 0.4) is 0 Å². The van der Waals surface area contributed by atoms with Gasteiger partial charge in [-0.2, -0.15) is 0 Å². The number of nitrogens with zero attached hydrogens (tertiary/aromatic N) is 4. The molecule has 0 fully saturated rings. The zero-order valence-corrected chi connectivity index (χ0v) is 18.5. The molecule has 30 heavy (non-hydrogen) atoms. The number of ether oxygens (including phenoxy) is 1. The van der Waals surface area contributed by atoms with Gasteiger partial charge in [-0.15, -0.1) is 10.2 Å². The fourth-order valence-corrected chi connectivity index (χ4v) is 3.99. The van der Waals surface area contributed by atoms with Crippen LogP contribution in [0.1, 0.15) is 33.6 Å². The highest BCUT2D eigenvalue weighted by Gasteiger charge is 2.23. The van der Waals surface area contributed by atoms with Crippen molar-refractivity contribution in [2.24, 2.45) is 5.92 Å². The molecule has 9 heteroatoms. The Balaban J connectivity index is 1.76. The third-order valence-electron chi connectivity index (χ3n) is 4.66. The molecule has 1 N–H and O–H groups in total. The molecule has 8 nitrogen and oxygen atoms in total. The van der Waals surface area contributed by atoms with E-state index in [4.69, 9.17) is 4.74 Å². The molecule has 1 amide bonds. The van der Waals surface area contributed by atoms with Gasteiger partial charge >= 0.3 is 5.97 Å². The van der Waals surface area contributed by atoms with Crippen molar-refractivity contribution in [3.8, 4) is 0 Å². The molecule has 1 aromatic carbocycles. The van der Waals surface area contributed by atoms with Gasteiger partial charge in [-0.3, -0.25) is 4.79 Å². The minimum Gasteiger partial charge on any atom is -0.467 e. The van der Waals surface area contributed by atoms with Gasteiger partial charge in [0.25, 0.3) is 0 Å². The third-order valence-corrected chi connectivity index (χ3v) is 5.50. The number of aryl methyl sites for hydroxylation is 1. The molecule has 1 unspecified atom stereocenters. The largest absolute Gasteiger partial charge is 0.467 e. The second-order valence-electron chi connectivity index (χ2n) is 7.50. The Kier molecular flexibility index (Phi) is 7.25. The SMILES string of the molecule is CCCn1c2ccccc2c2nnc(SCC(=O)NC(CC(C)C)C(=O)OC)nc21. The van der Waals surface area contributed by atoms with Crippen LogP contribution in [0.5, 0.6) is 0 Å². The first kappa shape index (κ1) is 22.0. The summed E-state index contributed by atoms with van der Waals surface area (Å²) in [5.74, 6) is -0.371. The number of esters is 1. The summed E-state index contributed by atoms with van der Waals surface area (Å²) < 4.78 is 6.93. The highest BCUT2D eigenvalue weighted by molar-refractivity contribution is 7.99. The molecule has 0 spiro atoms. The van der Waals surface area contributed by atoms with Gasteiger partial charge in [0, 0.05) is 11.9 Å². The van der Waals surface area contributed by atoms with Crippen molar-refractivity contribution >= 4 is 45.7 Å². The second kappa shape index (κ2) is 9.88. The fraction of sp³-hybridized carbons (Fsp3) is 0.476. The maximum atomic E-state index is 12.4. The Hall–Kier alpha value is -2.68. The number of para-hydroxylation sites is 1. The zero-order valence-electron chi connectivity index (χ0n) is 17.7. The van der Waals surface area contributed by atoms with Gasteiger partial charge in [0.2, 0.25) is 11.1 Å². The molecule has 160 valence electrons. The summed E-state index contributed by atoms with van der Waals surface area (Å²) >= 11 is 1.20. The van der Waals surface area contributed by atoms with Crippen LogP contribution in [0.25, 0.3) is 22.1 Å². The first-order chi connectivity index (χ1) is 14.4. The van der Waals surface area contributed by atoms with Crippen molar-refractivity contribution < 1.29 is 14.3 Å². The Labute approximate surface area is 179 Å². The standard InChI is InChI=1S/C21H27N5O3S/c1-5-10-26-16-9-7-6-8-14(16)18-19(26)23-21(25-24-18)30-12-17(27)22-15(11-13(2)3)20(28)29-4/h6-9,13,15H,5,10-12H2,1-4H3,(H,22,27). The van der Waals surface area contributed by atoms with Crippen LogP contribution < -0.4 is 5.32 Å². The third kappa shape index (κ3) is 4.89. The van der Waals surface area contributed by atoms with Crippen LogP contribution in [0.2, 0.25) is 0 Å². The molecule has 2 heterocycles. The number of carbonyl (C=O) groups is 2. The number of hydrogen-bond donors (Lipinski definition) is 1. The van der Waals surface area contributed by atoms with Gasteiger partial charge in [0.15, 0.2) is 5.65 Å². The van der Waals surface area contributed by atoms with Gasteiger partial charge in [-0.1, -0.05) is 50.7 Å². The van der Waals surface area contributed by atoms with Crippen molar-refractivity contribution in [2.75, 3.05) is 12.9 Å². The number of benzene rings is 1. The fourth-order valence-electron chi connectivity index (χ4n) is 3.39. The quantitative estimate of drug-likeness (QED) is 0.412. The molecule has 1 atom stereocenters. The highest BCUT2D eigenvalue weighted by Crippen LogP contribution is 2.27. The molecule has 0 saturated carbocycles. The van der Waals surface area contributed by atoms with Crippen LogP contribution in [0, 0.1) is 5.92 Å². The second-order valence-corrected chi connectivity index (χ2v) is 8.44. The number of amides is 1. The number of fused-ring (bicyclic) bond motifs is 3. The molecule has 0 radical (unpaired) electrons. The molecule has 3 rings (SSSR count). The van der Waals surface area contributed by atoms with Crippen LogP contribution in [0.15, 0.2) is 29.4 Å². The lowest BCUT2D eigenvalue weighted by molar-refractivity contribution is -0.145. The van der Waals surface area contributed by atoms with Crippen LogP contribution in [-0.2, 0) is 20.9 Å². The predicted octanol–water partition coefficient (Wildman–Crippen LogP) is 3.19. The van der Waals surface area contributed by atoms with Crippen molar-refractivity contribution in [1.29, 1.82) is 0 Å². The minimum atomic E-state index is -0.656. The summed E-state index contributed by atoms with van der Waals surface area (Å²) in [7, 11) is 1.32. The van der Waals surface area contributed by atoms with Crippen molar-refractivity contribution in [2.45, 2.75) is 51.4 Å². The van der Waals surface area contributed by atoms with Gasteiger partial charge in [-0.05, 0) is 24.8 Å². The predicted molar refractivity (Wildman–Crippen MR) is 117 cm³/mol. The smallest absolute Gasteiger partial charge is 0.328 e. The maximum absolute atomic E-state index is 12.4. The van der Waals surface area contributed by atoms with Crippen molar-refractivity contribution in [3.63, 3.8) is 0 Å². The van der Waals surface area contributed by atoms with E-state index in [0.717, 1.165) is 35.0 Å². The van der Waals surface area contributed by atoms with E-state index in [1.165, 1.54) is 18.9 Å². The van der Waals surface area contributed by atoms with E-state index in [0.29, 0.717) is 11.6 Å². The maximum Gasteiger partial charge on any atom is 0.328 e. The van der Waals surface area contributed by atoms with E-state index >= 15 is 0 Å². The van der Waals surface area contributed by atoms with Gasteiger partial charge < -0.3 is 14.6 Å². The summed E-state index contributed by atoms with van der Waals surface area (Å²) in [5, 5.41) is 12.8. The lowest BCUT2D eigenvalue weighted by Crippen LogP contribution is -2.43. The van der Waals surface area contributed by atoms with Gasteiger partial charge in [-0.25, -0.2) is 9.78 Å². The summed E-state index contributed by atoms with van der Waals surface area (Å²) in [5.41, 5.74) is 2.60. The van der Waals surface area contributed by atoms with Crippen molar-refractivity contribution in [3.05, 3.63) is 24.3 Å². The Morgan fingerprint density at radius 1 is 1.23 bits per heavy atom. The molecule has 0 aliphatic carbocycles. The normalized spacial score (nSPS) is 12.4. The van der Waals surface area contributed by atoms with E-state index in [1.807, 2.05) is 32.0 Å². The molecular formula is C21H27N5O3S. The summed E-state index contributed by atoms with van der Waals surface area (Å²) in [6.45, 7) is 6.91. The van der Waals surface area contributed by atoms with E-state index in [9.17, 15) is 9.59 Å². The van der Waals surface area contributed by atoms with Crippen LogP contribution >= 0.6 is 11.8 Å². The number of methoxy groups -OCH3 is 1. The Morgan fingerprint density at radius 3 is 2.70 bits per heavy atom. The molecule has 0 aliphatic rings. The monoisotopic (exact) mass is 429 g/mol. The molecular weight excluding hydrogens is 402 g/mol. The molecule has 0 bridgehead atoms. The number of carbonyl (C=O) groups excluding carboxylic acids is 2. The minimum absolute atomic E-state index is 0.0901. The lowest BCUT2D eigenvalue weighted by Gasteiger charge is -2.18. The molecule has 3 aromatic rings. The number of hydrogen-bond acceptors (Lipinski definition) is 7. The van der Waals surface area contributed by atoms with E-state index in [1.54, 1.807) is 0 Å². The number of aromatic nitrogens is 4. The Morgan fingerprint density at radius 2 is 2.00 bits per heavy atom. The average Bonchev–Trinajstić information content (AvgIpc) is 3.04. The van der Waals surface area contributed by atoms with Gasteiger partial charge in [0.05, 0.1) is 18.4 Å². The van der Waals surface area contributed by atoms with Crippen LogP contribution in [-0.4, -0.2) is 50.5 Å². The zero-order chi connectivity index (χ0) is 21.7. The Bertz CT molecular complexity index is 1050. The van der Waals surface area contributed by atoms with E-state index < -0.39 is 12.0 Å².